The maximum atomic E-state index is 11.6. The fourth-order valence-corrected chi connectivity index (χ4v) is 1.95. The summed E-state index contributed by atoms with van der Waals surface area (Å²) < 4.78 is 0. The number of aryl methyl sites for hydroxylation is 1. The summed E-state index contributed by atoms with van der Waals surface area (Å²) in [5.41, 5.74) is 0.787. The molecule has 5 nitrogen and oxygen atoms in total. The normalized spacial score (nSPS) is 15.5. The average molecular weight is 233 g/mol. The molecule has 88 valence electrons. The molecule has 1 heterocycles. The number of imide groups is 1. The van der Waals surface area contributed by atoms with Gasteiger partial charge in [0.2, 0.25) is 11.8 Å². The summed E-state index contributed by atoms with van der Waals surface area (Å²) in [5, 5.41) is 9.07. The lowest BCUT2D eigenvalue weighted by atomic mass is 10.1. The van der Waals surface area contributed by atoms with Crippen LogP contribution in [0.2, 0.25) is 0 Å². The number of carboxylic acids is 1. The van der Waals surface area contributed by atoms with Crippen LogP contribution in [0, 0.1) is 6.92 Å². The van der Waals surface area contributed by atoms with Crippen molar-refractivity contribution in [1.29, 1.82) is 0 Å². The molecule has 1 N–H and O–H groups in total. The summed E-state index contributed by atoms with van der Waals surface area (Å²) in [5.74, 6) is -1.82. The van der Waals surface area contributed by atoms with Gasteiger partial charge in [0.05, 0.1) is 11.3 Å². The molecule has 1 aliphatic rings. The molecule has 0 unspecified atom stereocenters. The number of carbonyl (C=O) groups is 3. The van der Waals surface area contributed by atoms with E-state index >= 15 is 0 Å². The summed E-state index contributed by atoms with van der Waals surface area (Å²) in [4.78, 5) is 35.3. The first kappa shape index (κ1) is 11.3. The molecule has 1 saturated heterocycles. The Morgan fingerprint density at radius 3 is 2.35 bits per heavy atom. The zero-order valence-electron chi connectivity index (χ0n) is 9.27. The van der Waals surface area contributed by atoms with Crippen LogP contribution >= 0.6 is 0 Å². The van der Waals surface area contributed by atoms with E-state index in [0.29, 0.717) is 5.56 Å². The highest BCUT2D eigenvalue weighted by Crippen LogP contribution is 2.29. The standard InChI is InChI=1S/C12H11NO4/c1-7-3-2-4-8(12(16)17)11(7)13-9(14)5-6-10(13)15/h2-4H,5-6H2,1H3,(H,16,17). The zero-order chi connectivity index (χ0) is 12.6. The molecule has 0 saturated carbocycles. The molecule has 0 spiro atoms. The molecule has 0 atom stereocenters. The minimum Gasteiger partial charge on any atom is -0.478 e. The van der Waals surface area contributed by atoms with Crippen molar-refractivity contribution in [3.05, 3.63) is 29.3 Å². The van der Waals surface area contributed by atoms with E-state index in [1.807, 2.05) is 0 Å². The third kappa shape index (κ3) is 1.80. The van der Waals surface area contributed by atoms with Gasteiger partial charge in [-0.25, -0.2) is 9.69 Å². The van der Waals surface area contributed by atoms with Crippen LogP contribution in [0.3, 0.4) is 0 Å². The Bertz CT molecular complexity index is 505. The number of benzene rings is 1. The molecule has 1 aromatic rings. The molecule has 2 amide bonds. The van der Waals surface area contributed by atoms with Crippen molar-refractivity contribution in [3.8, 4) is 0 Å². The number of aromatic carboxylic acids is 1. The van der Waals surface area contributed by atoms with Crippen LogP contribution in [0.4, 0.5) is 5.69 Å². The lowest BCUT2D eigenvalue weighted by Crippen LogP contribution is -2.31. The second-order valence-corrected chi connectivity index (χ2v) is 3.90. The quantitative estimate of drug-likeness (QED) is 0.782. The van der Waals surface area contributed by atoms with Gasteiger partial charge in [-0.3, -0.25) is 9.59 Å². The summed E-state index contributed by atoms with van der Waals surface area (Å²) in [6.07, 6.45) is 0.290. The Balaban J connectivity index is 2.61. The van der Waals surface area contributed by atoms with E-state index in [-0.39, 0.29) is 35.9 Å². The van der Waals surface area contributed by atoms with Gasteiger partial charge < -0.3 is 5.11 Å². The van der Waals surface area contributed by atoms with Crippen LogP contribution in [0.15, 0.2) is 18.2 Å². The largest absolute Gasteiger partial charge is 0.478 e. The molecule has 2 rings (SSSR count). The second kappa shape index (κ2) is 4.01. The molecular weight excluding hydrogens is 222 g/mol. The number of carboxylic acid groups (broad SMARTS) is 1. The second-order valence-electron chi connectivity index (χ2n) is 3.90. The van der Waals surface area contributed by atoms with Crippen molar-refractivity contribution < 1.29 is 19.5 Å². The minimum atomic E-state index is -1.14. The molecule has 0 aliphatic carbocycles. The van der Waals surface area contributed by atoms with E-state index < -0.39 is 5.97 Å². The van der Waals surface area contributed by atoms with Crippen LogP contribution in [0.1, 0.15) is 28.8 Å². The van der Waals surface area contributed by atoms with Crippen molar-refractivity contribution in [1.82, 2.24) is 0 Å². The number of rotatable bonds is 2. The fraction of sp³-hybridized carbons (Fsp3) is 0.250. The Labute approximate surface area is 97.7 Å². The fourth-order valence-electron chi connectivity index (χ4n) is 1.95. The van der Waals surface area contributed by atoms with Gasteiger partial charge in [0.25, 0.3) is 0 Å². The van der Waals surface area contributed by atoms with Crippen LogP contribution in [-0.2, 0) is 9.59 Å². The SMILES string of the molecule is Cc1cccc(C(=O)O)c1N1C(=O)CCC1=O. The number of nitrogens with zero attached hydrogens (tertiary/aromatic N) is 1. The first-order chi connectivity index (χ1) is 8.02. The van der Waals surface area contributed by atoms with Crippen molar-refractivity contribution in [2.45, 2.75) is 19.8 Å². The van der Waals surface area contributed by atoms with Crippen LogP contribution < -0.4 is 4.90 Å². The maximum Gasteiger partial charge on any atom is 0.337 e. The predicted molar refractivity (Wildman–Crippen MR) is 59.9 cm³/mol. The summed E-state index contributed by atoms with van der Waals surface area (Å²) in [6.45, 7) is 1.68. The van der Waals surface area contributed by atoms with Crippen LogP contribution in [0.25, 0.3) is 0 Å². The highest BCUT2D eigenvalue weighted by atomic mass is 16.4. The maximum absolute atomic E-state index is 11.6. The van der Waals surface area contributed by atoms with Crippen LogP contribution in [0.5, 0.6) is 0 Å². The van der Waals surface area contributed by atoms with Crippen molar-refractivity contribution in [2.75, 3.05) is 4.90 Å². The van der Waals surface area contributed by atoms with Crippen LogP contribution in [-0.4, -0.2) is 22.9 Å². The lowest BCUT2D eigenvalue weighted by molar-refractivity contribution is -0.121. The van der Waals surface area contributed by atoms with E-state index in [9.17, 15) is 14.4 Å². The Morgan fingerprint density at radius 2 is 1.82 bits per heavy atom. The summed E-state index contributed by atoms with van der Waals surface area (Å²) >= 11 is 0. The molecule has 0 bridgehead atoms. The number of anilines is 1. The van der Waals surface area contributed by atoms with E-state index in [4.69, 9.17) is 5.11 Å². The highest BCUT2D eigenvalue weighted by molar-refractivity contribution is 6.22. The van der Waals surface area contributed by atoms with Crippen molar-refractivity contribution >= 4 is 23.5 Å². The third-order valence-corrected chi connectivity index (χ3v) is 2.74. The predicted octanol–water partition coefficient (Wildman–Crippen LogP) is 1.35. The van der Waals surface area contributed by atoms with E-state index in [1.54, 1.807) is 19.1 Å². The van der Waals surface area contributed by atoms with Gasteiger partial charge in [0, 0.05) is 12.8 Å². The molecule has 5 heteroatoms. The van der Waals surface area contributed by atoms with Gasteiger partial charge in [-0.15, -0.1) is 0 Å². The van der Waals surface area contributed by atoms with Gasteiger partial charge in [-0.05, 0) is 18.6 Å². The molecule has 0 aromatic heterocycles. The molecule has 1 aromatic carbocycles. The highest BCUT2D eigenvalue weighted by Gasteiger charge is 2.33. The first-order valence-corrected chi connectivity index (χ1v) is 5.21. The Kier molecular flexibility index (Phi) is 2.67. The summed E-state index contributed by atoms with van der Waals surface area (Å²) in [6, 6.07) is 4.66. The van der Waals surface area contributed by atoms with Gasteiger partial charge in [-0.1, -0.05) is 12.1 Å². The van der Waals surface area contributed by atoms with Crippen molar-refractivity contribution in [2.24, 2.45) is 0 Å². The molecule has 1 aliphatic heterocycles. The number of hydrogen-bond donors (Lipinski definition) is 1. The Morgan fingerprint density at radius 1 is 1.24 bits per heavy atom. The average Bonchev–Trinajstić information content (AvgIpc) is 2.59. The van der Waals surface area contributed by atoms with E-state index in [0.717, 1.165) is 4.90 Å². The monoisotopic (exact) mass is 233 g/mol. The van der Waals surface area contributed by atoms with E-state index in [2.05, 4.69) is 0 Å². The van der Waals surface area contributed by atoms with Gasteiger partial charge in [0.1, 0.15) is 0 Å². The number of carbonyl (C=O) groups excluding carboxylic acids is 2. The Hall–Kier alpha value is -2.17. The molecule has 17 heavy (non-hydrogen) atoms. The molecule has 0 radical (unpaired) electrons. The molecule has 1 fully saturated rings. The minimum absolute atomic E-state index is 0.0198. The van der Waals surface area contributed by atoms with Gasteiger partial charge >= 0.3 is 5.97 Å². The number of amides is 2. The smallest absolute Gasteiger partial charge is 0.337 e. The topological polar surface area (TPSA) is 74.7 Å². The first-order valence-electron chi connectivity index (χ1n) is 5.21. The third-order valence-electron chi connectivity index (χ3n) is 2.74. The van der Waals surface area contributed by atoms with Crippen molar-refractivity contribution in [3.63, 3.8) is 0 Å². The zero-order valence-corrected chi connectivity index (χ0v) is 9.27. The number of hydrogen-bond acceptors (Lipinski definition) is 3. The van der Waals surface area contributed by atoms with Gasteiger partial charge in [-0.2, -0.15) is 0 Å². The number of para-hydroxylation sites is 1. The summed E-state index contributed by atoms with van der Waals surface area (Å²) in [7, 11) is 0. The van der Waals surface area contributed by atoms with E-state index in [1.165, 1.54) is 6.07 Å². The van der Waals surface area contributed by atoms with Gasteiger partial charge in [0.15, 0.2) is 0 Å². The molecular formula is C12H11NO4. The lowest BCUT2D eigenvalue weighted by Gasteiger charge is -2.18.